The second-order valence-corrected chi connectivity index (χ2v) is 2.08. The summed E-state index contributed by atoms with van der Waals surface area (Å²) < 4.78 is 12.7. The summed E-state index contributed by atoms with van der Waals surface area (Å²) in [6.07, 6.45) is 2.30. The second-order valence-electron chi connectivity index (χ2n) is 2.08. The van der Waals surface area contributed by atoms with E-state index in [1.165, 1.54) is 6.07 Å². The van der Waals surface area contributed by atoms with Crippen LogP contribution in [0.25, 0.3) is 0 Å². The normalized spacial score (nSPS) is 8.45. The zero-order chi connectivity index (χ0) is 7.40. The van der Waals surface area contributed by atoms with Gasteiger partial charge in [-0.25, -0.2) is 4.39 Å². The Morgan fingerprint density at radius 2 is 2.00 bits per heavy atom. The van der Waals surface area contributed by atoms with Crippen molar-refractivity contribution in [2.45, 2.75) is 6.42 Å². The first-order valence-corrected chi connectivity index (χ1v) is 3.19. The van der Waals surface area contributed by atoms with Gasteiger partial charge in [-0.2, -0.15) is 0 Å². The first-order valence-electron chi connectivity index (χ1n) is 3.19. The Kier molecular flexibility index (Phi) is 4.46. The summed E-state index contributed by atoms with van der Waals surface area (Å²) in [6, 6.07) is 6.72. The molecule has 56 valence electrons. The Balaban J connectivity index is 0.000001000. The van der Waals surface area contributed by atoms with Crippen molar-refractivity contribution in [1.82, 2.24) is 0 Å². The molecule has 0 unspecified atom stereocenters. The van der Waals surface area contributed by atoms with Gasteiger partial charge in [0.05, 0.1) is 0 Å². The van der Waals surface area contributed by atoms with E-state index in [0.717, 1.165) is 0 Å². The highest BCUT2D eigenvalue weighted by molar-refractivity contribution is 5.75. The minimum absolute atomic E-state index is 0. The maximum atomic E-state index is 12.7. The predicted molar refractivity (Wildman–Crippen MR) is 46.1 cm³/mol. The van der Waals surface area contributed by atoms with Gasteiger partial charge in [-0.1, -0.05) is 24.3 Å². The van der Waals surface area contributed by atoms with Crippen LogP contribution < -0.4 is 0 Å². The minimum atomic E-state index is -0.151. The molecule has 0 aliphatic carbocycles. The van der Waals surface area contributed by atoms with Crippen LogP contribution in [0.5, 0.6) is 0 Å². The molecule has 0 amide bonds. The number of hydrogen-bond acceptors (Lipinski definition) is 0. The SMILES string of the molecule is C=CCc1ccccc1F.[Si]. The van der Waals surface area contributed by atoms with Crippen molar-refractivity contribution in [3.8, 4) is 0 Å². The molecule has 0 aliphatic heterocycles. The molecule has 4 radical (unpaired) electrons. The van der Waals surface area contributed by atoms with E-state index in [-0.39, 0.29) is 16.8 Å². The minimum Gasteiger partial charge on any atom is -0.207 e. The van der Waals surface area contributed by atoms with E-state index in [1.54, 1.807) is 18.2 Å². The number of hydrogen-bond donors (Lipinski definition) is 0. The largest absolute Gasteiger partial charge is 0.207 e. The fourth-order valence-electron chi connectivity index (χ4n) is 0.819. The fraction of sp³-hybridized carbons (Fsp3) is 0.111. The molecule has 0 fully saturated rings. The molecule has 2 heteroatoms. The van der Waals surface area contributed by atoms with Gasteiger partial charge in [0, 0.05) is 11.0 Å². The van der Waals surface area contributed by atoms with Crippen LogP contribution in [0.3, 0.4) is 0 Å². The van der Waals surface area contributed by atoms with Crippen LogP contribution >= 0.6 is 0 Å². The van der Waals surface area contributed by atoms with E-state index in [4.69, 9.17) is 0 Å². The summed E-state index contributed by atoms with van der Waals surface area (Å²) in [6.45, 7) is 3.53. The smallest absolute Gasteiger partial charge is 0.126 e. The highest BCUT2D eigenvalue weighted by atomic mass is 28.1. The van der Waals surface area contributed by atoms with E-state index in [0.29, 0.717) is 12.0 Å². The Morgan fingerprint density at radius 1 is 1.36 bits per heavy atom. The zero-order valence-corrected chi connectivity index (χ0v) is 7.18. The Morgan fingerprint density at radius 3 is 2.55 bits per heavy atom. The topological polar surface area (TPSA) is 0 Å². The van der Waals surface area contributed by atoms with Gasteiger partial charge in [0.25, 0.3) is 0 Å². The van der Waals surface area contributed by atoms with Crippen LogP contribution in [0.2, 0.25) is 0 Å². The molecule has 0 saturated heterocycles. The predicted octanol–water partition coefficient (Wildman–Crippen LogP) is 2.17. The van der Waals surface area contributed by atoms with Gasteiger partial charge < -0.3 is 0 Å². The van der Waals surface area contributed by atoms with E-state index >= 15 is 0 Å². The Hall–Kier alpha value is -0.893. The molecule has 1 rings (SSSR count). The molecule has 0 atom stereocenters. The quantitative estimate of drug-likeness (QED) is 0.464. The molecule has 0 aromatic heterocycles. The molecule has 0 bridgehead atoms. The first-order chi connectivity index (χ1) is 4.84. The van der Waals surface area contributed by atoms with Gasteiger partial charge in [0.2, 0.25) is 0 Å². The summed E-state index contributed by atoms with van der Waals surface area (Å²) >= 11 is 0. The van der Waals surface area contributed by atoms with Crippen molar-refractivity contribution in [1.29, 1.82) is 0 Å². The van der Waals surface area contributed by atoms with E-state index in [2.05, 4.69) is 6.58 Å². The summed E-state index contributed by atoms with van der Waals surface area (Å²) in [4.78, 5) is 0. The third-order valence-corrected chi connectivity index (χ3v) is 1.32. The second kappa shape index (κ2) is 4.85. The Labute approximate surface area is 70.8 Å². The molecular weight excluding hydrogens is 155 g/mol. The van der Waals surface area contributed by atoms with Gasteiger partial charge >= 0.3 is 0 Å². The zero-order valence-electron chi connectivity index (χ0n) is 6.18. The maximum Gasteiger partial charge on any atom is 0.126 e. The molecule has 0 heterocycles. The molecular formula is C9H9FSi. The third-order valence-electron chi connectivity index (χ3n) is 1.32. The van der Waals surface area contributed by atoms with Crippen LogP contribution in [0.15, 0.2) is 36.9 Å². The Bertz CT molecular complexity index is 233. The van der Waals surface area contributed by atoms with Crippen molar-refractivity contribution in [3.05, 3.63) is 48.3 Å². The van der Waals surface area contributed by atoms with Gasteiger partial charge in [-0.05, 0) is 18.1 Å². The van der Waals surface area contributed by atoms with Gasteiger partial charge in [0.1, 0.15) is 5.82 Å². The van der Waals surface area contributed by atoms with Crippen molar-refractivity contribution >= 4 is 11.0 Å². The highest BCUT2D eigenvalue weighted by Crippen LogP contribution is 2.06. The number of halogens is 1. The van der Waals surface area contributed by atoms with Crippen molar-refractivity contribution in [2.24, 2.45) is 0 Å². The summed E-state index contributed by atoms with van der Waals surface area (Å²) in [7, 11) is 0. The molecule has 1 aromatic rings. The standard InChI is InChI=1S/C9H9F.Si/c1-2-5-8-6-3-4-7-9(8)10;/h2-4,6-7H,1,5H2;. The number of rotatable bonds is 2. The number of benzene rings is 1. The molecule has 0 saturated carbocycles. The van der Waals surface area contributed by atoms with Crippen LogP contribution in [0, 0.1) is 5.82 Å². The van der Waals surface area contributed by atoms with Gasteiger partial charge in [-0.15, -0.1) is 6.58 Å². The summed E-state index contributed by atoms with van der Waals surface area (Å²) in [5.41, 5.74) is 0.706. The summed E-state index contributed by atoms with van der Waals surface area (Å²) in [5, 5.41) is 0. The van der Waals surface area contributed by atoms with Crippen LogP contribution in [-0.4, -0.2) is 11.0 Å². The molecule has 0 nitrogen and oxygen atoms in total. The fourth-order valence-corrected chi connectivity index (χ4v) is 0.819. The molecule has 0 aliphatic rings. The summed E-state index contributed by atoms with van der Waals surface area (Å²) in [5.74, 6) is -0.151. The van der Waals surface area contributed by atoms with Crippen molar-refractivity contribution < 1.29 is 4.39 Å². The van der Waals surface area contributed by atoms with Crippen LogP contribution in [-0.2, 0) is 6.42 Å². The van der Waals surface area contributed by atoms with Crippen molar-refractivity contribution in [3.63, 3.8) is 0 Å². The maximum absolute atomic E-state index is 12.7. The average molecular weight is 164 g/mol. The van der Waals surface area contributed by atoms with Gasteiger partial charge in [0.15, 0.2) is 0 Å². The van der Waals surface area contributed by atoms with E-state index in [1.807, 2.05) is 6.07 Å². The molecule has 1 aromatic carbocycles. The third kappa shape index (κ3) is 2.68. The number of allylic oxidation sites excluding steroid dienone is 1. The molecule has 0 N–H and O–H groups in total. The lowest BCUT2D eigenvalue weighted by Gasteiger charge is -1.95. The lowest BCUT2D eigenvalue weighted by molar-refractivity contribution is 0.615. The first kappa shape index (κ1) is 10.1. The lowest BCUT2D eigenvalue weighted by Crippen LogP contribution is -1.85. The van der Waals surface area contributed by atoms with E-state index in [9.17, 15) is 4.39 Å². The van der Waals surface area contributed by atoms with E-state index < -0.39 is 0 Å². The highest BCUT2D eigenvalue weighted by Gasteiger charge is 1.95. The van der Waals surface area contributed by atoms with Crippen molar-refractivity contribution in [2.75, 3.05) is 0 Å². The van der Waals surface area contributed by atoms with Crippen LogP contribution in [0.1, 0.15) is 5.56 Å². The van der Waals surface area contributed by atoms with Gasteiger partial charge in [-0.3, -0.25) is 0 Å². The monoisotopic (exact) mass is 164 g/mol. The lowest BCUT2D eigenvalue weighted by atomic mass is 10.1. The average Bonchev–Trinajstić information content (AvgIpc) is 1.94. The molecule has 0 spiro atoms. The molecule has 11 heavy (non-hydrogen) atoms. The van der Waals surface area contributed by atoms with Crippen LogP contribution in [0.4, 0.5) is 4.39 Å².